The van der Waals surface area contributed by atoms with Gasteiger partial charge in [-0.3, -0.25) is 37.3 Å². The molecular weight excluding hydrogens is 1220 g/mol. The SMILES string of the molecule is CCCCCCCCCCCCCCCCCCCC(=O)O[C@H](COC(=O)CCCCCCCCCCCCC(C)CC)COP(=O)(O)OC[C@@H](O)COP(=O)(O)OC[C@@H](COC(=O)CCCCCCCCCCCC)OC(=O)CCCCCCCCCCC(C)CC. The van der Waals surface area contributed by atoms with E-state index < -0.39 is 97.5 Å². The van der Waals surface area contributed by atoms with Gasteiger partial charge in [0.15, 0.2) is 12.2 Å². The fourth-order valence-electron chi connectivity index (χ4n) is 11.2. The number of rotatable bonds is 73. The average Bonchev–Trinajstić information content (AvgIpc) is 1.94. The predicted octanol–water partition coefficient (Wildman–Crippen LogP) is 21.6. The second-order valence-corrected chi connectivity index (χ2v) is 30.1. The highest BCUT2D eigenvalue weighted by Gasteiger charge is 2.30. The number of aliphatic hydroxyl groups excluding tert-OH is 1. The van der Waals surface area contributed by atoms with E-state index in [-0.39, 0.29) is 25.7 Å². The number of esters is 4. The Balaban J connectivity index is 5.25. The van der Waals surface area contributed by atoms with Crippen LogP contribution in [-0.4, -0.2) is 96.7 Å². The van der Waals surface area contributed by atoms with E-state index in [9.17, 15) is 43.2 Å². The van der Waals surface area contributed by atoms with Crippen LogP contribution in [0.5, 0.6) is 0 Å². The van der Waals surface area contributed by atoms with Crippen molar-refractivity contribution in [3.63, 3.8) is 0 Å². The van der Waals surface area contributed by atoms with Gasteiger partial charge in [-0.1, -0.05) is 330 Å². The molecule has 93 heavy (non-hydrogen) atoms. The molecule has 0 saturated heterocycles. The molecule has 17 nitrogen and oxygen atoms in total. The largest absolute Gasteiger partial charge is 0.472 e. The van der Waals surface area contributed by atoms with Gasteiger partial charge in [-0.2, -0.15) is 0 Å². The zero-order valence-corrected chi connectivity index (χ0v) is 62.3. The highest BCUT2D eigenvalue weighted by Crippen LogP contribution is 2.45. The van der Waals surface area contributed by atoms with Crippen LogP contribution in [0.2, 0.25) is 0 Å². The van der Waals surface area contributed by atoms with Crippen LogP contribution in [0.15, 0.2) is 0 Å². The number of phosphoric ester groups is 2. The predicted molar refractivity (Wildman–Crippen MR) is 377 cm³/mol. The molecule has 0 spiro atoms. The lowest BCUT2D eigenvalue weighted by molar-refractivity contribution is -0.161. The van der Waals surface area contributed by atoms with Gasteiger partial charge in [-0.25, -0.2) is 9.13 Å². The van der Waals surface area contributed by atoms with Crippen molar-refractivity contribution in [2.24, 2.45) is 11.8 Å². The normalized spacial score (nSPS) is 14.6. The Morgan fingerprint density at radius 3 is 0.763 bits per heavy atom. The van der Waals surface area contributed by atoms with Crippen molar-refractivity contribution in [2.45, 2.75) is 400 Å². The lowest BCUT2D eigenvalue weighted by atomic mass is 9.99. The van der Waals surface area contributed by atoms with Gasteiger partial charge in [0.05, 0.1) is 26.4 Å². The first-order valence-electron chi connectivity index (χ1n) is 38.6. The van der Waals surface area contributed by atoms with Crippen molar-refractivity contribution < 1.29 is 80.2 Å². The van der Waals surface area contributed by atoms with Crippen molar-refractivity contribution in [3.8, 4) is 0 Å². The molecule has 0 aromatic heterocycles. The molecule has 552 valence electrons. The minimum Gasteiger partial charge on any atom is -0.462 e. The van der Waals surface area contributed by atoms with Crippen molar-refractivity contribution in [1.82, 2.24) is 0 Å². The Morgan fingerprint density at radius 2 is 0.516 bits per heavy atom. The summed E-state index contributed by atoms with van der Waals surface area (Å²) >= 11 is 0. The number of ether oxygens (including phenoxy) is 4. The van der Waals surface area contributed by atoms with Crippen LogP contribution in [0, 0.1) is 11.8 Å². The molecule has 0 rings (SSSR count). The number of carbonyl (C=O) groups excluding carboxylic acids is 4. The number of carbonyl (C=O) groups is 4. The van der Waals surface area contributed by atoms with E-state index in [4.69, 9.17) is 37.0 Å². The fourth-order valence-corrected chi connectivity index (χ4v) is 12.8. The van der Waals surface area contributed by atoms with E-state index in [0.717, 1.165) is 102 Å². The minimum absolute atomic E-state index is 0.105. The van der Waals surface area contributed by atoms with E-state index in [1.165, 1.54) is 199 Å². The summed E-state index contributed by atoms with van der Waals surface area (Å²) in [7, 11) is -9.91. The first-order chi connectivity index (χ1) is 44.9. The number of aliphatic hydroxyl groups is 1. The molecule has 0 aromatic rings. The lowest BCUT2D eigenvalue weighted by Crippen LogP contribution is -2.30. The maximum absolute atomic E-state index is 13.1. The van der Waals surface area contributed by atoms with Crippen LogP contribution in [0.4, 0.5) is 0 Å². The lowest BCUT2D eigenvalue weighted by Gasteiger charge is -2.21. The molecule has 0 amide bonds. The van der Waals surface area contributed by atoms with Crippen LogP contribution < -0.4 is 0 Å². The molecule has 0 aliphatic heterocycles. The summed E-state index contributed by atoms with van der Waals surface area (Å²) in [4.78, 5) is 72.7. The van der Waals surface area contributed by atoms with E-state index in [1.54, 1.807) is 0 Å². The summed E-state index contributed by atoms with van der Waals surface area (Å²) in [5.41, 5.74) is 0. The molecule has 0 bridgehead atoms. The molecule has 0 heterocycles. The van der Waals surface area contributed by atoms with Crippen LogP contribution in [-0.2, 0) is 65.4 Å². The molecule has 0 aliphatic rings. The fraction of sp³-hybridized carbons (Fsp3) is 0.946. The molecule has 0 radical (unpaired) electrons. The van der Waals surface area contributed by atoms with Gasteiger partial charge in [-0.05, 0) is 37.5 Å². The quantitative estimate of drug-likeness (QED) is 0.0222. The topological polar surface area (TPSA) is 237 Å². The van der Waals surface area contributed by atoms with Crippen molar-refractivity contribution in [2.75, 3.05) is 39.6 Å². The third-order valence-corrected chi connectivity index (χ3v) is 19.8. The second-order valence-electron chi connectivity index (χ2n) is 27.2. The van der Waals surface area contributed by atoms with E-state index in [1.807, 2.05) is 0 Å². The molecule has 0 saturated carbocycles. The van der Waals surface area contributed by atoms with Crippen LogP contribution in [0.25, 0.3) is 0 Å². The number of hydrogen-bond acceptors (Lipinski definition) is 15. The first-order valence-corrected chi connectivity index (χ1v) is 41.6. The number of unbranched alkanes of at least 4 members (excludes halogenated alkanes) is 41. The van der Waals surface area contributed by atoms with Crippen LogP contribution >= 0.6 is 15.6 Å². The standard InChI is InChI=1S/C74H144O17P2/c1-7-11-13-15-17-19-21-22-23-24-25-26-27-33-40-46-52-58-73(78)90-69(62-85-72(77)57-51-45-39-32-29-28-30-36-42-48-54-66(5)9-3)64-88-92(80,81)86-60-68(75)61-87-93(82,83)89-65-70(63-84-71(76)56-50-44-38-31-20-18-16-14-12-8-2)91-74(79)59-53-47-41-35-34-37-43-49-55-67(6)10-4/h66-70,75H,7-65H2,1-6H3,(H,80,81)(H,82,83)/t66?,67?,68-,69-,70-/m1/s1. The van der Waals surface area contributed by atoms with E-state index >= 15 is 0 Å². The monoisotopic (exact) mass is 1370 g/mol. The van der Waals surface area contributed by atoms with Gasteiger partial charge >= 0.3 is 39.5 Å². The zero-order chi connectivity index (χ0) is 68.6. The van der Waals surface area contributed by atoms with Gasteiger partial charge in [0.2, 0.25) is 0 Å². The highest BCUT2D eigenvalue weighted by atomic mass is 31.2. The molecule has 0 aromatic carbocycles. The van der Waals surface area contributed by atoms with Crippen LogP contribution in [0.3, 0.4) is 0 Å². The van der Waals surface area contributed by atoms with Gasteiger partial charge in [0.25, 0.3) is 0 Å². The zero-order valence-electron chi connectivity index (χ0n) is 60.6. The molecule has 0 aliphatic carbocycles. The molecule has 7 atom stereocenters. The van der Waals surface area contributed by atoms with Gasteiger partial charge in [0.1, 0.15) is 19.3 Å². The Morgan fingerprint density at radius 1 is 0.301 bits per heavy atom. The Hall–Kier alpha value is -1.94. The number of hydrogen-bond donors (Lipinski definition) is 3. The van der Waals surface area contributed by atoms with Crippen LogP contribution in [0.1, 0.15) is 382 Å². The summed E-state index contributed by atoms with van der Waals surface area (Å²) in [5, 5.41) is 10.6. The summed E-state index contributed by atoms with van der Waals surface area (Å²) in [5.74, 6) is -0.540. The first kappa shape index (κ1) is 91.1. The van der Waals surface area contributed by atoms with E-state index in [0.29, 0.717) is 25.7 Å². The molecule has 19 heteroatoms. The maximum Gasteiger partial charge on any atom is 0.472 e. The molecule has 3 N–H and O–H groups in total. The number of phosphoric acid groups is 2. The van der Waals surface area contributed by atoms with Gasteiger partial charge in [0, 0.05) is 25.7 Å². The maximum atomic E-state index is 13.1. The highest BCUT2D eigenvalue weighted by molar-refractivity contribution is 7.47. The third-order valence-electron chi connectivity index (χ3n) is 17.9. The average molecular weight is 1370 g/mol. The second kappa shape index (κ2) is 66.0. The summed E-state index contributed by atoms with van der Waals surface area (Å²) < 4.78 is 68.5. The third kappa shape index (κ3) is 65.8. The Kier molecular flexibility index (Phi) is 64.6. The van der Waals surface area contributed by atoms with Gasteiger partial charge < -0.3 is 33.8 Å². The van der Waals surface area contributed by atoms with Crippen molar-refractivity contribution in [1.29, 1.82) is 0 Å². The summed E-state index contributed by atoms with van der Waals surface area (Å²) in [6, 6.07) is 0. The Bertz CT molecular complexity index is 1810. The molecule has 0 fully saturated rings. The van der Waals surface area contributed by atoms with Gasteiger partial charge in [-0.15, -0.1) is 0 Å². The summed E-state index contributed by atoms with van der Waals surface area (Å²) in [6.45, 7) is 9.60. The smallest absolute Gasteiger partial charge is 0.462 e. The van der Waals surface area contributed by atoms with Crippen molar-refractivity contribution in [3.05, 3.63) is 0 Å². The summed E-state index contributed by atoms with van der Waals surface area (Å²) in [6.07, 6.45) is 52.5. The molecular formula is C74H144O17P2. The Labute approximate surface area is 568 Å². The van der Waals surface area contributed by atoms with Crippen molar-refractivity contribution >= 4 is 39.5 Å². The molecule has 4 unspecified atom stereocenters. The minimum atomic E-state index is -4.96. The van der Waals surface area contributed by atoms with E-state index in [2.05, 4.69) is 41.5 Å².